The second-order valence-corrected chi connectivity index (χ2v) is 13.4. The first-order valence-electron chi connectivity index (χ1n) is 15.9. The minimum absolute atomic E-state index is 0.0344. The van der Waals surface area contributed by atoms with Crippen LogP contribution in [0.1, 0.15) is 31.9 Å². The van der Waals surface area contributed by atoms with Crippen molar-refractivity contribution in [2.45, 2.75) is 33.1 Å². The Morgan fingerprint density at radius 3 is 1.60 bits per heavy atom. The standard InChI is InChI=1S/C45H36/c1-29-19-25-40-41(27-29)43(33-22-20-32(21-23-33)36-17-9-13-30-11-5-7-15-35(30)36)39-26-24-34(45(2,3)4)28-42(39)44(40)38-18-10-14-31-12-6-8-16-37(31)38/h5-28H,1-4H3. The topological polar surface area (TPSA) is 0 Å². The first-order valence-corrected chi connectivity index (χ1v) is 15.9. The molecule has 0 heterocycles. The summed E-state index contributed by atoms with van der Waals surface area (Å²) in [4.78, 5) is 0. The lowest BCUT2D eigenvalue weighted by Gasteiger charge is -2.23. The maximum Gasteiger partial charge on any atom is -0.00200 e. The van der Waals surface area contributed by atoms with E-state index in [1.54, 1.807) is 0 Å². The van der Waals surface area contributed by atoms with Crippen LogP contribution in [0, 0.1) is 6.92 Å². The van der Waals surface area contributed by atoms with Crippen LogP contribution >= 0.6 is 0 Å². The molecule has 45 heavy (non-hydrogen) atoms. The van der Waals surface area contributed by atoms with E-state index in [1.807, 2.05) is 0 Å². The summed E-state index contributed by atoms with van der Waals surface area (Å²) in [6, 6.07) is 54.2. The molecular weight excluding hydrogens is 540 g/mol. The lowest BCUT2D eigenvalue weighted by atomic mass is 9.80. The van der Waals surface area contributed by atoms with Gasteiger partial charge in [-0.25, -0.2) is 0 Å². The smallest absolute Gasteiger partial charge is 0.00200 e. The van der Waals surface area contributed by atoms with Gasteiger partial charge in [0.1, 0.15) is 0 Å². The largest absolute Gasteiger partial charge is 0.0616 e. The average molecular weight is 577 g/mol. The molecule has 216 valence electrons. The van der Waals surface area contributed by atoms with Crippen molar-refractivity contribution in [3.05, 3.63) is 157 Å². The SMILES string of the molecule is Cc1ccc2c(-c3cccc4ccccc34)c3cc(C(C)(C)C)ccc3c(-c3ccc(-c4cccc5ccccc45)cc3)c2c1. The fourth-order valence-electron chi connectivity index (χ4n) is 7.15. The molecule has 0 aliphatic carbocycles. The van der Waals surface area contributed by atoms with Crippen molar-refractivity contribution in [2.75, 3.05) is 0 Å². The van der Waals surface area contributed by atoms with E-state index in [1.165, 1.54) is 87.6 Å². The number of aryl methyl sites for hydroxylation is 1. The average Bonchev–Trinajstić information content (AvgIpc) is 3.06. The van der Waals surface area contributed by atoms with E-state index in [4.69, 9.17) is 0 Å². The van der Waals surface area contributed by atoms with Gasteiger partial charge in [-0.15, -0.1) is 0 Å². The van der Waals surface area contributed by atoms with Crippen LogP contribution in [0.4, 0.5) is 0 Å². The van der Waals surface area contributed by atoms with E-state index in [-0.39, 0.29) is 5.41 Å². The predicted octanol–water partition coefficient (Wildman–Crippen LogP) is 12.9. The molecule has 0 amide bonds. The molecule has 0 saturated heterocycles. The zero-order valence-electron chi connectivity index (χ0n) is 26.4. The maximum atomic E-state index is 2.46. The Hall–Kier alpha value is -5.20. The molecule has 0 unspecified atom stereocenters. The lowest BCUT2D eigenvalue weighted by molar-refractivity contribution is 0.591. The minimum atomic E-state index is 0.0344. The zero-order chi connectivity index (χ0) is 30.7. The van der Waals surface area contributed by atoms with Crippen molar-refractivity contribution in [3.8, 4) is 33.4 Å². The quantitative estimate of drug-likeness (QED) is 0.184. The first-order chi connectivity index (χ1) is 21.9. The third kappa shape index (κ3) is 4.61. The summed E-state index contributed by atoms with van der Waals surface area (Å²) >= 11 is 0. The molecule has 0 spiro atoms. The van der Waals surface area contributed by atoms with Crippen LogP contribution < -0.4 is 0 Å². The van der Waals surface area contributed by atoms with Crippen molar-refractivity contribution in [1.82, 2.24) is 0 Å². The van der Waals surface area contributed by atoms with Crippen LogP contribution in [0.5, 0.6) is 0 Å². The summed E-state index contributed by atoms with van der Waals surface area (Å²) in [5, 5.41) is 10.3. The summed E-state index contributed by atoms with van der Waals surface area (Å²) in [6.07, 6.45) is 0. The third-order valence-electron chi connectivity index (χ3n) is 9.47. The molecule has 0 saturated carbocycles. The van der Waals surface area contributed by atoms with Crippen LogP contribution in [0.25, 0.3) is 76.5 Å². The molecule has 0 heteroatoms. The molecule has 0 nitrogen and oxygen atoms in total. The van der Waals surface area contributed by atoms with Gasteiger partial charge in [0.05, 0.1) is 0 Å². The molecule has 0 aliphatic rings. The fourth-order valence-corrected chi connectivity index (χ4v) is 7.15. The second-order valence-electron chi connectivity index (χ2n) is 13.4. The highest BCUT2D eigenvalue weighted by molar-refractivity contribution is 6.23. The van der Waals surface area contributed by atoms with Crippen molar-refractivity contribution >= 4 is 43.1 Å². The molecule has 8 aromatic rings. The van der Waals surface area contributed by atoms with Gasteiger partial charge < -0.3 is 0 Å². The maximum absolute atomic E-state index is 2.46. The third-order valence-corrected chi connectivity index (χ3v) is 9.47. The van der Waals surface area contributed by atoms with Gasteiger partial charge in [-0.05, 0) is 100 Å². The molecule has 0 bridgehead atoms. The summed E-state index contributed by atoms with van der Waals surface area (Å²) in [7, 11) is 0. The zero-order valence-corrected chi connectivity index (χ0v) is 26.4. The normalized spacial score (nSPS) is 12.0. The van der Waals surface area contributed by atoms with Gasteiger partial charge in [0.2, 0.25) is 0 Å². The van der Waals surface area contributed by atoms with E-state index in [0.717, 1.165) is 0 Å². The van der Waals surface area contributed by atoms with Crippen LogP contribution in [-0.2, 0) is 5.41 Å². The monoisotopic (exact) mass is 576 g/mol. The van der Waals surface area contributed by atoms with Gasteiger partial charge in [0, 0.05) is 0 Å². The number of hydrogen-bond acceptors (Lipinski definition) is 0. The van der Waals surface area contributed by atoms with Gasteiger partial charge in [-0.2, -0.15) is 0 Å². The minimum Gasteiger partial charge on any atom is -0.0616 e. The van der Waals surface area contributed by atoms with E-state index in [0.29, 0.717) is 0 Å². The lowest BCUT2D eigenvalue weighted by Crippen LogP contribution is -2.10. The second kappa shape index (κ2) is 10.5. The summed E-state index contributed by atoms with van der Waals surface area (Å²) in [5.74, 6) is 0. The molecular formula is C45H36. The van der Waals surface area contributed by atoms with Crippen LogP contribution in [-0.4, -0.2) is 0 Å². The molecule has 0 aromatic heterocycles. The number of hydrogen-bond donors (Lipinski definition) is 0. The predicted molar refractivity (Wildman–Crippen MR) is 196 cm³/mol. The van der Waals surface area contributed by atoms with Gasteiger partial charge in [0.25, 0.3) is 0 Å². The first kappa shape index (κ1) is 27.4. The Morgan fingerprint density at radius 2 is 0.911 bits per heavy atom. The molecule has 0 fully saturated rings. The van der Waals surface area contributed by atoms with Gasteiger partial charge in [0.15, 0.2) is 0 Å². The Morgan fingerprint density at radius 1 is 0.378 bits per heavy atom. The van der Waals surface area contributed by atoms with Crippen molar-refractivity contribution < 1.29 is 0 Å². The van der Waals surface area contributed by atoms with Crippen molar-refractivity contribution in [3.63, 3.8) is 0 Å². The van der Waals surface area contributed by atoms with E-state index < -0.39 is 0 Å². The van der Waals surface area contributed by atoms with Crippen LogP contribution in [0.15, 0.2) is 146 Å². The molecule has 0 radical (unpaired) electrons. The summed E-state index contributed by atoms with van der Waals surface area (Å²) in [6.45, 7) is 9.13. The van der Waals surface area contributed by atoms with Crippen LogP contribution in [0.3, 0.4) is 0 Å². The van der Waals surface area contributed by atoms with Crippen molar-refractivity contribution in [2.24, 2.45) is 0 Å². The van der Waals surface area contributed by atoms with E-state index >= 15 is 0 Å². The Labute approximate surface area is 265 Å². The molecule has 0 N–H and O–H groups in total. The Bertz CT molecular complexity index is 2390. The Balaban J connectivity index is 1.44. The summed E-state index contributed by atoms with van der Waals surface area (Å²) < 4.78 is 0. The number of rotatable bonds is 3. The fraction of sp³-hybridized carbons (Fsp3) is 0.111. The van der Waals surface area contributed by atoms with Crippen molar-refractivity contribution in [1.29, 1.82) is 0 Å². The van der Waals surface area contributed by atoms with Gasteiger partial charge in [-0.3, -0.25) is 0 Å². The molecule has 0 aliphatic heterocycles. The van der Waals surface area contributed by atoms with Gasteiger partial charge in [-0.1, -0.05) is 166 Å². The highest BCUT2D eigenvalue weighted by Crippen LogP contribution is 2.47. The Kier molecular flexibility index (Phi) is 6.36. The molecule has 8 aromatic carbocycles. The number of fused-ring (bicyclic) bond motifs is 4. The molecule has 0 atom stereocenters. The molecule has 8 rings (SSSR count). The van der Waals surface area contributed by atoms with E-state index in [2.05, 4.69) is 173 Å². The highest BCUT2D eigenvalue weighted by atomic mass is 14.2. The van der Waals surface area contributed by atoms with Crippen LogP contribution in [0.2, 0.25) is 0 Å². The van der Waals surface area contributed by atoms with Gasteiger partial charge >= 0.3 is 0 Å². The van der Waals surface area contributed by atoms with E-state index in [9.17, 15) is 0 Å². The number of benzene rings is 8. The highest BCUT2D eigenvalue weighted by Gasteiger charge is 2.21. The summed E-state index contributed by atoms with van der Waals surface area (Å²) in [5.41, 5.74) is 10.3.